The van der Waals surface area contributed by atoms with Gasteiger partial charge in [-0.15, -0.1) is 0 Å². The van der Waals surface area contributed by atoms with Crippen LogP contribution in [0.4, 0.5) is 17.2 Å². The summed E-state index contributed by atoms with van der Waals surface area (Å²) in [7, 11) is 0. The fraction of sp³-hybridized carbons (Fsp3) is 0.138. The van der Waals surface area contributed by atoms with Gasteiger partial charge in [-0.2, -0.15) is 0 Å². The molecule has 3 aromatic carbocycles. The standard InChI is InChI=1S/C29H24N4O4/c34-27(31-18-19-6-2-1-3-7-19)29(15-16-29)28(35)32-20-10-12-21(13-11-20)36-24-14-17-30-26-25(24)37-23-9-5-4-8-22(23)33-26/h1-14,17H,15-16,18H2,(H,30,33)(H,31,34)(H,32,35). The van der Waals surface area contributed by atoms with E-state index in [0.717, 1.165) is 11.3 Å². The molecule has 1 aromatic heterocycles. The van der Waals surface area contributed by atoms with Crippen molar-refractivity contribution < 1.29 is 19.1 Å². The minimum Gasteiger partial charge on any atom is -0.453 e. The lowest BCUT2D eigenvalue weighted by Gasteiger charge is -2.22. The molecular weight excluding hydrogens is 468 g/mol. The number of nitrogens with one attached hydrogen (secondary N) is 3. The zero-order chi connectivity index (χ0) is 25.2. The molecule has 0 saturated heterocycles. The molecular formula is C29H24N4O4. The summed E-state index contributed by atoms with van der Waals surface area (Å²) in [5, 5.41) is 9.02. The van der Waals surface area contributed by atoms with Gasteiger partial charge >= 0.3 is 0 Å². The lowest BCUT2D eigenvalue weighted by atomic mass is 10.0. The van der Waals surface area contributed by atoms with Crippen LogP contribution in [0.2, 0.25) is 0 Å². The Hall–Kier alpha value is -4.85. The maximum absolute atomic E-state index is 13.0. The summed E-state index contributed by atoms with van der Waals surface area (Å²) < 4.78 is 12.1. The first-order valence-electron chi connectivity index (χ1n) is 12.1. The van der Waals surface area contributed by atoms with E-state index in [1.807, 2.05) is 54.6 Å². The van der Waals surface area contributed by atoms with Crippen LogP contribution in [0.25, 0.3) is 0 Å². The maximum atomic E-state index is 13.0. The van der Waals surface area contributed by atoms with E-state index in [9.17, 15) is 9.59 Å². The second-order valence-corrected chi connectivity index (χ2v) is 9.04. The maximum Gasteiger partial charge on any atom is 0.240 e. The molecule has 0 radical (unpaired) electrons. The van der Waals surface area contributed by atoms with E-state index in [4.69, 9.17) is 9.47 Å². The predicted molar refractivity (Wildman–Crippen MR) is 139 cm³/mol. The molecule has 0 spiro atoms. The molecule has 0 atom stereocenters. The van der Waals surface area contributed by atoms with Crippen molar-refractivity contribution in [3.63, 3.8) is 0 Å². The number of hydrogen-bond donors (Lipinski definition) is 3. The third-order valence-electron chi connectivity index (χ3n) is 6.48. The summed E-state index contributed by atoms with van der Waals surface area (Å²) in [6.45, 7) is 0.393. The van der Waals surface area contributed by atoms with Crippen LogP contribution >= 0.6 is 0 Å². The minimum absolute atomic E-state index is 0.244. The molecule has 8 nitrogen and oxygen atoms in total. The summed E-state index contributed by atoms with van der Waals surface area (Å²) in [5.41, 5.74) is 1.40. The fourth-order valence-electron chi connectivity index (χ4n) is 4.21. The van der Waals surface area contributed by atoms with E-state index in [0.29, 0.717) is 53.9 Å². The summed E-state index contributed by atoms with van der Waals surface area (Å²) >= 11 is 0. The third kappa shape index (κ3) is 4.56. The molecule has 0 bridgehead atoms. The lowest BCUT2D eigenvalue weighted by molar-refractivity contribution is -0.134. The number of pyridine rings is 1. The van der Waals surface area contributed by atoms with Crippen molar-refractivity contribution in [1.29, 1.82) is 0 Å². The van der Waals surface area contributed by atoms with Crippen LogP contribution in [-0.2, 0) is 16.1 Å². The number of para-hydroxylation sites is 2. The third-order valence-corrected chi connectivity index (χ3v) is 6.48. The lowest BCUT2D eigenvalue weighted by Crippen LogP contribution is -2.39. The number of carbonyl (C=O) groups is 2. The predicted octanol–water partition coefficient (Wildman–Crippen LogP) is 5.76. The molecule has 1 aliphatic heterocycles. The molecule has 184 valence electrons. The summed E-state index contributed by atoms with van der Waals surface area (Å²) in [4.78, 5) is 30.1. The Morgan fingerprint density at radius 1 is 0.919 bits per heavy atom. The van der Waals surface area contributed by atoms with Gasteiger partial charge < -0.3 is 25.4 Å². The Labute approximate surface area is 213 Å². The van der Waals surface area contributed by atoms with E-state index in [1.54, 1.807) is 36.5 Å². The molecule has 3 N–H and O–H groups in total. The molecule has 6 rings (SSSR count). The highest BCUT2D eigenvalue weighted by atomic mass is 16.5. The first kappa shape index (κ1) is 22.6. The number of nitrogens with zero attached hydrogens (tertiary/aromatic N) is 1. The Balaban J connectivity index is 1.09. The first-order valence-corrected chi connectivity index (χ1v) is 12.1. The Kier molecular flexibility index (Phi) is 5.69. The van der Waals surface area contributed by atoms with Gasteiger partial charge in [0.15, 0.2) is 17.3 Å². The Morgan fingerprint density at radius 2 is 1.68 bits per heavy atom. The Morgan fingerprint density at radius 3 is 2.46 bits per heavy atom. The van der Waals surface area contributed by atoms with E-state index >= 15 is 0 Å². The topological polar surface area (TPSA) is 102 Å². The highest BCUT2D eigenvalue weighted by Crippen LogP contribution is 2.48. The molecule has 2 aliphatic rings. The van der Waals surface area contributed by atoms with Crippen molar-refractivity contribution in [1.82, 2.24) is 10.3 Å². The van der Waals surface area contributed by atoms with Gasteiger partial charge in [-0.05, 0) is 54.8 Å². The zero-order valence-corrected chi connectivity index (χ0v) is 19.9. The highest BCUT2D eigenvalue weighted by Gasteiger charge is 2.56. The first-order chi connectivity index (χ1) is 18.1. The van der Waals surface area contributed by atoms with Gasteiger partial charge in [-0.1, -0.05) is 42.5 Å². The number of ether oxygens (including phenoxy) is 2. The molecule has 8 heteroatoms. The number of carbonyl (C=O) groups excluding carboxylic acids is 2. The normalized spacial score (nSPS) is 14.2. The second kappa shape index (κ2) is 9.31. The molecule has 1 fully saturated rings. The number of benzene rings is 3. The number of hydrogen-bond acceptors (Lipinski definition) is 6. The number of amides is 2. The average molecular weight is 493 g/mol. The van der Waals surface area contributed by atoms with Crippen molar-refractivity contribution in [2.75, 3.05) is 10.6 Å². The highest BCUT2D eigenvalue weighted by molar-refractivity contribution is 6.13. The molecule has 4 aromatic rings. The van der Waals surface area contributed by atoms with Crippen molar-refractivity contribution in [2.45, 2.75) is 19.4 Å². The van der Waals surface area contributed by atoms with Crippen LogP contribution in [0.15, 0.2) is 91.1 Å². The number of rotatable bonds is 7. The van der Waals surface area contributed by atoms with Gasteiger partial charge in [0.2, 0.25) is 17.6 Å². The average Bonchev–Trinajstić information content (AvgIpc) is 3.75. The number of aromatic nitrogens is 1. The van der Waals surface area contributed by atoms with Gasteiger partial charge in [0, 0.05) is 24.5 Å². The monoisotopic (exact) mass is 492 g/mol. The van der Waals surface area contributed by atoms with Crippen LogP contribution in [0.5, 0.6) is 23.0 Å². The van der Waals surface area contributed by atoms with E-state index in [2.05, 4.69) is 20.9 Å². The number of anilines is 3. The smallest absolute Gasteiger partial charge is 0.240 e. The fourth-order valence-corrected chi connectivity index (χ4v) is 4.21. The number of fused-ring (bicyclic) bond motifs is 2. The van der Waals surface area contributed by atoms with Crippen LogP contribution in [0.1, 0.15) is 18.4 Å². The van der Waals surface area contributed by atoms with Crippen molar-refractivity contribution >= 4 is 29.0 Å². The van der Waals surface area contributed by atoms with Gasteiger partial charge in [-0.25, -0.2) is 4.98 Å². The van der Waals surface area contributed by atoms with Gasteiger partial charge in [0.25, 0.3) is 0 Å². The van der Waals surface area contributed by atoms with Crippen molar-refractivity contribution in [3.8, 4) is 23.0 Å². The van der Waals surface area contributed by atoms with Gasteiger partial charge in [0.1, 0.15) is 11.2 Å². The molecule has 37 heavy (non-hydrogen) atoms. The summed E-state index contributed by atoms with van der Waals surface area (Å²) in [6, 6.07) is 26.0. The molecule has 1 saturated carbocycles. The summed E-state index contributed by atoms with van der Waals surface area (Å²) in [6.07, 6.45) is 2.71. The van der Waals surface area contributed by atoms with Crippen molar-refractivity contribution in [3.05, 3.63) is 96.7 Å². The second-order valence-electron chi connectivity index (χ2n) is 9.04. The summed E-state index contributed by atoms with van der Waals surface area (Å²) in [5.74, 6) is 2.29. The SMILES string of the molecule is O=C(NCc1ccccc1)C1(C(=O)Nc2ccc(Oc3ccnc4c3Oc3ccccc3N4)cc2)CC1. The Bertz CT molecular complexity index is 1470. The molecule has 2 heterocycles. The van der Waals surface area contributed by atoms with Crippen LogP contribution < -0.4 is 25.4 Å². The largest absolute Gasteiger partial charge is 0.453 e. The zero-order valence-electron chi connectivity index (χ0n) is 19.9. The van der Waals surface area contributed by atoms with Gasteiger partial charge in [-0.3, -0.25) is 9.59 Å². The van der Waals surface area contributed by atoms with Crippen molar-refractivity contribution in [2.24, 2.45) is 5.41 Å². The molecule has 1 aliphatic carbocycles. The van der Waals surface area contributed by atoms with Crippen LogP contribution in [0.3, 0.4) is 0 Å². The quantitative estimate of drug-likeness (QED) is 0.250. The van der Waals surface area contributed by atoms with Crippen LogP contribution in [-0.4, -0.2) is 16.8 Å². The van der Waals surface area contributed by atoms with E-state index in [-0.39, 0.29) is 11.8 Å². The van der Waals surface area contributed by atoms with E-state index < -0.39 is 5.41 Å². The molecule has 2 amide bonds. The van der Waals surface area contributed by atoms with Gasteiger partial charge in [0.05, 0.1) is 5.69 Å². The van der Waals surface area contributed by atoms with Crippen LogP contribution in [0, 0.1) is 5.41 Å². The minimum atomic E-state index is -1.01. The molecule has 0 unspecified atom stereocenters. The van der Waals surface area contributed by atoms with E-state index in [1.165, 1.54) is 0 Å².